The molecule has 3 heterocycles. The Labute approximate surface area is 188 Å². The summed E-state index contributed by atoms with van der Waals surface area (Å²) < 4.78 is 5.93. The zero-order valence-corrected chi connectivity index (χ0v) is 19.0. The molecule has 0 bridgehead atoms. The number of benzene rings is 1. The van der Waals surface area contributed by atoms with Crippen LogP contribution in [0.1, 0.15) is 44.0 Å². The van der Waals surface area contributed by atoms with E-state index >= 15 is 0 Å². The molecule has 0 saturated carbocycles. The SMILES string of the molecule is CC(C)(C)ON1CCC(NC(=O)c2cccc3c2OCCN3c2ncccc2Cl)CC1. The zero-order chi connectivity index (χ0) is 22.0. The van der Waals surface area contributed by atoms with Gasteiger partial charge >= 0.3 is 0 Å². The Morgan fingerprint density at radius 1 is 1.19 bits per heavy atom. The first-order chi connectivity index (χ1) is 14.8. The Hall–Kier alpha value is -2.35. The first kappa shape index (κ1) is 21.9. The Balaban J connectivity index is 1.47. The number of rotatable bonds is 4. The molecule has 2 aliphatic heterocycles. The van der Waals surface area contributed by atoms with Crippen molar-refractivity contribution in [3.05, 3.63) is 47.1 Å². The number of fused-ring (bicyclic) bond motifs is 1. The van der Waals surface area contributed by atoms with Crippen molar-refractivity contribution in [3.63, 3.8) is 0 Å². The van der Waals surface area contributed by atoms with Crippen molar-refractivity contribution in [1.29, 1.82) is 0 Å². The molecule has 1 aromatic carbocycles. The molecule has 0 atom stereocenters. The number of amides is 1. The molecule has 1 saturated heterocycles. The van der Waals surface area contributed by atoms with Gasteiger partial charge < -0.3 is 15.0 Å². The predicted molar refractivity (Wildman–Crippen MR) is 121 cm³/mol. The smallest absolute Gasteiger partial charge is 0.255 e. The first-order valence-electron chi connectivity index (χ1n) is 10.7. The van der Waals surface area contributed by atoms with Crippen LogP contribution in [0.2, 0.25) is 5.02 Å². The van der Waals surface area contributed by atoms with Gasteiger partial charge in [-0.3, -0.25) is 9.63 Å². The quantitative estimate of drug-likeness (QED) is 0.762. The van der Waals surface area contributed by atoms with E-state index in [0.29, 0.717) is 35.3 Å². The summed E-state index contributed by atoms with van der Waals surface area (Å²) >= 11 is 6.37. The van der Waals surface area contributed by atoms with Crippen LogP contribution in [-0.4, -0.2) is 53.8 Å². The van der Waals surface area contributed by atoms with Crippen LogP contribution in [0.5, 0.6) is 5.75 Å². The average molecular weight is 445 g/mol. The number of piperidine rings is 1. The monoisotopic (exact) mass is 444 g/mol. The van der Waals surface area contributed by atoms with E-state index in [-0.39, 0.29) is 17.6 Å². The number of anilines is 2. The number of nitrogens with zero attached hydrogens (tertiary/aromatic N) is 3. The van der Waals surface area contributed by atoms with Gasteiger partial charge in [0.25, 0.3) is 5.91 Å². The van der Waals surface area contributed by atoms with Crippen LogP contribution in [0.15, 0.2) is 36.5 Å². The molecule has 0 radical (unpaired) electrons. The number of hydrogen-bond acceptors (Lipinski definition) is 6. The van der Waals surface area contributed by atoms with Gasteiger partial charge in [-0.15, -0.1) is 0 Å². The van der Waals surface area contributed by atoms with Crippen molar-refractivity contribution < 1.29 is 14.4 Å². The van der Waals surface area contributed by atoms with Crippen molar-refractivity contribution >= 4 is 29.0 Å². The van der Waals surface area contributed by atoms with Crippen LogP contribution in [0.3, 0.4) is 0 Å². The number of para-hydroxylation sites is 1. The molecule has 8 heteroatoms. The lowest BCUT2D eigenvalue weighted by atomic mass is 10.0. The molecule has 0 spiro atoms. The Kier molecular flexibility index (Phi) is 6.36. The van der Waals surface area contributed by atoms with E-state index in [1.54, 1.807) is 18.3 Å². The van der Waals surface area contributed by atoms with E-state index in [9.17, 15) is 4.79 Å². The molecular formula is C23H29ClN4O3. The maximum atomic E-state index is 13.1. The number of hydrogen-bond donors (Lipinski definition) is 1. The third-order valence-electron chi connectivity index (χ3n) is 5.28. The van der Waals surface area contributed by atoms with Crippen molar-refractivity contribution in [2.45, 2.75) is 45.3 Å². The molecule has 2 aromatic rings. The fraction of sp³-hybridized carbons (Fsp3) is 0.478. The maximum absolute atomic E-state index is 13.1. The highest BCUT2D eigenvalue weighted by atomic mass is 35.5. The van der Waals surface area contributed by atoms with Gasteiger partial charge in [0.2, 0.25) is 0 Å². The first-order valence-corrected chi connectivity index (χ1v) is 11.1. The van der Waals surface area contributed by atoms with Crippen LogP contribution in [0.4, 0.5) is 11.5 Å². The lowest BCUT2D eigenvalue weighted by molar-refractivity contribution is -0.236. The largest absolute Gasteiger partial charge is 0.489 e. The van der Waals surface area contributed by atoms with Gasteiger partial charge in [-0.05, 0) is 57.9 Å². The molecule has 0 unspecified atom stereocenters. The standard InChI is InChI=1S/C23H29ClN4O3/c1-23(2,3)31-27-12-9-16(10-13-27)26-22(29)17-6-4-8-19-20(17)30-15-14-28(19)21-18(24)7-5-11-25-21/h4-8,11,16H,9-10,12-15H2,1-3H3,(H,26,29). The van der Waals surface area contributed by atoms with Crippen molar-refractivity contribution in [2.24, 2.45) is 0 Å². The fourth-order valence-electron chi connectivity index (χ4n) is 3.97. The number of nitrogens with one attached hydrogen (secondary N) is 1. The van der Waals surface area contributed by atoms with E-state index < -0.39 is 0 Å². The maximum Gasteiger partial charge on any atom is 0.255 e. The highest BCUT2D eigenvalue weighted by molar-refractivity contribution is 6.33. The van der Waals surface area contributed by atoms with Crippen LogP contribution < -0.4 is 15.0 Å². The Morgan fingerprint density at radius 2 is 1.97 bits per heavy atom. The normalized spacial score (nSPS) is 17.7. The number of pyridine rings is 1. The van der Waals surface area contributed by atoms with Crippen LogP contribution in [-0.2, 0) is 4.84 Å². The number of hydroxylamine groups is 2. The van der Waals surface area contributed by atoms with Crippen LogP contribution in [0, 0.1) is 0 Å². The second kappa shape index (κ2) is 9.02. The number of halogens is 1. The van der Waals surface area contributed by atoms with E-state index in [4.69, 9.17) is 21.2 Å². The molecular weight excluding hydrogens is 416 g/mol. The third kappa shape index (κ3) is 5.11. The third-order valence-corrected chi connectivity index (χ3v) is 5.57. The van der Waals surface area contributed by atoms with E-state index in [2.05, 4.69) is 10.3 Å². The highest BCUT2D eigenvalue weighted by Crippen LogP contribution is 2.40. The summed E-state index contributed by atoms with van der Waals surface area (Å²) in [6.45, 7) is 8.77. The number of carbonyl (C=O) groups excluding carboxylic acids is 1. The molecule has 2 aliphatic rings. The number of ether oxygens (including phenoxy) is 1. The lowest BCUT2D eigenvalue weighted by Gasteiger charge is -2.36. The van der Waals surface area contributed by atoms with Gasteiger partial charge in [0.05, 0.1) is 28.4 Å². The van der Waals surface area contributed by atoms with E-state index in [0.717, 1.165) is 31.6 Å². The summed E-state index contributed by atoms with van der Waals surface area (Å²) in [6, 6.07) is 9.31. The second-order valence-electron chi connectivity index (χ2n) is 8.84. The molecule has 1 aromatic heterocycles. The van der Waals surface area contributed by atoms with Gasteiger partial charge in [-0.1, -0.05) is 17.7 Å². The van der Waals surface area contributed by atoms with Gasteiger partial charge in [-0.25, -0.2) is 4.98 Å². The molecule has 0 aliphatic carbocycles. The van der Waals surface area contributed by atoms with Crippen molar-refractivity contribution in [2.75, 3.05) is 31.1 Å². The minimum atomic E-state index is -0.209. The molecule has 1 fully saturated rings. The van der Waals surface area contributed by atoms with Gasteiger partial charge in [-0.2, -0.15) is 5.06 Å². The molecule has 1 amide bonds. The summed E-state index contributed by atoms with van der Waals surface area (Å²) in [7, 11) is 0. The van der Waals surface area contributed by atoms with Crippen LogP contribution >= 0.6 is 11.6 Å². The summed E-state index contributed by atoms with van der Waals surface area (Å²) in [5.74, 6) is 1.11. The summed E-state index contributed by atoms with van der Waals surface area (Å²) in [4.78, 5) is 25.5. The molecule has 166 valence electrons. The van der Waals surface area contributed by atoms with Crippen molar-refractivity contribution in [1.82, 2.24) is 15.4 Å². The fourth-order valence-corrected chi connectivity index (χ4v) is 4.19. The lowest BCUT2D eigenvalue weighted by Crippen LogP contribution is -2.46. The number of carbonyl (C=O) groups is 1. The van der Waals surface area contributed by atoms with Crippen molar-refractivity contribution in [3.8, 4) is 5.75 Å². The zero-order valence-electron chi connectivity index (χ0n) is 18.2. The molecule has 7 nitrogen and oxygen atoms in total. The summed E-state index contributed by atoms with van der Waals surface area (Å²) in [5.41, 5.74) is 1.12. The minimum Gasteiger partial charge on any atom is -0.489 e. The highest BCUT2D eigenvalue weighted by Gasteiger charge is 2.29. The summed E-state index contributed by atoms with van der Waals surface area (Å²) in [5, 5.41) is 5.73. The predicted octanol–water partition coefficient (Wildman–Crippen LogP) is 4.19. The molecule has 4 rings (SSSR count). The van der Waals surface area contributed by atoms with Gasteiger partial charge in [0, 0.05) is 25.3 Å². The Bertz CT molecular complexity index is 939. The van der Waals surface area contributed by atoms with Gasteiger partial charge in [0.1, 0.15) is 6.61 Å². The van der Waals surface area contributed by atoms with Crippen LogP contribution in [0.25, 0.3) is 0 Å². The van der Waals surface area contributed by atoms with E-state index in [1.165, 1.54) is 0 Å². The van der Waals surface area contributed by atoms with Gasteiger partial charge in [0.15, 0.2) is 11.6 Å². The molecule has 1 N–H and O–H groups in total. The summed E-state index contributed by atoms with van der Waals surface area (Å²) in [6.07, 6.45) is 3.39. The topological polar surface area (TPSA) is 66.9 Å². The van der Waals surface area contributed by atoms with E-state index in [1.807, 2.05) is 48.9 Å². The number of aromatic nitrogens is 1. The minimum absolute atomic E-state index is 0.105. The Morgan fingerprint density at radius 3 is 2.68 bits per heavy atom. The molecule has 31 heavy (non-hydrogen) atoms. The second-order valence-corrected chi connectivity index (χ2v) is 9.25. The average Bonchev–Trinajstić information content (AvgIpc) is 2.74.